The fourth-order valence-corrected chi connectivity index (χ4v) is 6.07. The smallest absolute Gasteiger partial charge is 0.119 e. The number of hydrogen-bond acceptors (Lipinski definition) is 3. The van der Waals surface area contributed by atoms with E-state index in [1.165, 1.54) is 65.7 Å². The quantitative estimate of drug-likeness (QED) is 0.537. The Bertz CT molecular complexity index is 1190. The molecule has 168 valence electrons. The van der Waals surface area contributed by atoms with Crippen LogP contribution in [0.5, 0.6) is 11.5 Å². The van der Waals surface area contributed by atoms with Crippen molar-refractivity contribution < 1.29 is 9.84 Å². The average Bonchev–Trinajstić information content (AvgIpc) is 3.39. The van der Waals surface area contributed by atoms with Crippen molar-refractivity contribution in [3.05, 3.63) is 101 Å². The third-order valence-corrected chi connectivity index (χ3v) is 7.74. The van der Waals surface area contributed by atoms with Crippen molar-refractivity contribution in [1.29, 1.82) is 0 Å². The molecule has 2 aliphatic carbocycles. The molecule has 1 atom stereocenters. The highest BCUT2D eigenvalue weighted by Gasteiger charge is 2.44. The normalized spacial score (nSPS) is 21.6. The van der Waals surface area contributed by atoms with Gasteiger partial charge in [-0.1, -0.05) is 55.0 Å². The van der Waals surface area contributed by atoms with E-state index in [4.69, 9.17) is 4.74 Å². The Morgan fingerprint density at radius 2 is 1.70 bits per heavy atom. The fraction of sp³-hybridized carbons (Fsp3) is 0.333. The minimum atomic E-state index is -0.0986. The molecule has 0 amide bonds. The zero-order valence-electron chi connectivity index (χ0n) is 19.1. The highest BCUT2D eigenvalue weighted by Crippen LogP contribution is 2.54. The second-order valence-corrected chi connectivity index (χ2v) is 9.69. The van der Waals surface area contributed by atoms with Crippen LogP contribution in [0.3, 0.4) is 0 Å². The molecule has 3 aromatic rings. The molecule has 0 bridgehead atoms. The van der Waals surface area contributed by atoms with E-state index in [-0.39, 0.29) is 5.41 Å². The Morgan fingerprint density at radius 3 is 2.55 bits per heavy atom. The maximum absolute atomic E-state index is 9.98. The van der Waals surface area contributed by atoms with Crippen LogP contribution in [-0.2, 0) is 11.8 Å². The van der Waals surface area contributed by atoms with Crippen LogP contribution in [0.15, 0.2) is 72.8 Å². The first-order chi connectivity index (χ1) is 16.2. The monoisotopic (exact) mass is 437 g/mol. The fourth-order valence-electron chi connectivity index (χ4n) is 6.07. The number of phenols is 1. The van der Waals surface area contributed by atoms with Gasteiger partial charge in [-0.3, -0.25) is 4.90 Å². The SMILES string of the molecule is Oc1ccc2c(c1)CC[C@@]21C=C(c2ccc(OCCN3CCCCC3)cc2)c2ccccc21. The van der Waals surface area contributed by atoms with E-state index in [1.807, 2.05) is 12.1 Å². The highest BCUT2D eigenvalue weighted by atomic mass is 16.5. The molecule has 0 saturated carbocycles. The van der Waals surface area contributed by atoms with Crippen molar-refractivity contribution in [2.24, 2.45) is 0 Å². The number of nitrogens with zero attached hydrogens (tertiary/aromatic N) is 1. The van der Waals surface area contributed by atoms with E-state index in [0.29, 0.717) is 5.75 Å². The molecule has 1 fully saturated rings. The molecule has 1 heterocycles. The van der Waals surface area contributed by atoms with Crippen molar-refractivity contribution in [3.63, 3.8) is 0 Å². The predicted octanol–water partition coefficient (Wildman–Crippen LogP) is 5.93. The summed E-state index contributed by atoms with van der Waals surface area (Å²) in [5.74, 6) is 1.30. The van der Waals surface area contributed by atoms with Gasteiger partial charge in [0.15, 0.2) is 0 Å². The molecule has 3 aromatic carbocycles. The second kappa shape index (κ2) is 8.39. The van der Waals surface area contributed by atoms with Crippen molar-refractivity contribution >= 4 is 5.57 Å². The first-order valence-corrected chi connectivity index (χ1v) is 12.3. The lowest BCUT2D eigenvalue weighted by atomic mass is 9.77. The average molecular weight is 438 g/mol. The van der Waals surface area contributed by atoms with Crippen LogP contribution in [0.4, 0.5) is 0 Å². The molecule has 3 nitrogen and oxygen atoms in total. The molecule has 3 aliphatic rings. The number of likely N-dealkylation sites (tertiary alicyclic amines) is 1. The molecular formula is C30H31NO2. The number of fused-ring (bicyclic) bond motifs is 4. The van der Waals surface area contributed by atoms with Gasteiger partial charge in [-0.25, -0.2) is 0 Å². The number of ether oxygens (including phenoxy) is 1. The van der Waals surface area contributed by atoms with Gasteiger partial charge in [0.05, 0.1) is 0 Å². The van der Waals surface area contributed by atoms with Gasteiger partial charge in [0.25, 0.3) is 0 Å². The van der Waals surface area contributed by atoms with Crippen LogP contribution in [0.2, 0.25) is 0 Å². The summed E-state index contributed by atoms with van der Waals surface area (Å²) in [6.07, 6.45) is 8.51. The third-order valence-electron chi connectivity index (χ3n) is 7.74. The molecule has 1 spiro atoms. The molecule has 0 unspecified atom stereocenters. The lowest BCUT2D eigenvalue weighted by molar-refractivity contribution is 0.183. The predicted molar refractivity (Wildman–Crippen MR) is 133 cm³/mol. The summed E-state index contributed by atoms with van der Waals surface area (Å²) in [6, 6.07) is 23.3. The number of piperidine rings is 1. The van der Waals surface area contributed by atoms with E-state index in [9.17, 15) is 5.11 Å². The van der Waals surface area contributed by atoms with E-state index >= 15 is 0 Å². The standard InChI is InChI=1S/C30H31NO2/c32-24-10-13-28-23(20-24)14-15-30(28)21-27(26-6-2-3-7-29(26)30)22-8-11-25(12-9-22)33-19-18-31-16-4-1-5-17-31/h2-3,6-13,20-21,32H,1,4-5,14-19H2/t30-/m1/s1. The molecule has 0 radical (unpaired) electrons. The van der Waals surface area contributed by atoms with Crippen molar-refractivity contribution in [3.8, 4) is 11.5 Å². The van der Waals surface area contributed by atoms with Crippen LogP contribution in [-0.4, -0.2) is 36.2 Å². The summed E-state index contributed by atoms with van der Waals surface area (Å²) in [4.78, 5) is 2.51. The first-order valence-electron chi connectivity index (χ1n) is 12.3. The van der Waals surface area contributed by atoms with Crippen LogP contribution in [0.1, 0.15) is 53.5 Å². The van der Waals surface area contributed by atoms with Gasteiger partial charge in [-0.2, -0.15) is 0 Å². The van der Waals surface area contributed by atoms with E-state index in [2.05, 4.69) is 65.6 Å². The lowest BCUT2D eigenvalue weighted by Gasteiger charge is -2.26. The topological polar surface area (TPSA) is 32.7 Å². The number of aryl methyl sites for hydroxylation is 1. The van der Waals surface area contributed by atoms with Crippen molar-refractivity contribution in [2.75, 3.05) is 26.2 Å². The van der Waals surface area contributed by atoms with Gasteiger partial charge in [-0.15, -0.1) is 0 Å². The molecular weight excluding hydrogens is 406 g/mol. The number of allylic oxidation sites excluding steroid dienone is 1. The molecule has 33 heavy (non-hydrogen) atoms. The van der Waals surface area contributed by atoms with Gasteiger partial charge in [0, 0.05) is 12.0 Å². The summed E-state index contributed by atoms with van der Waals surface area (Å²) in [7, 11) is 0. The van der Waals surface area contributed by atoms with Crippen LogP contribution < -0.4 is 4.74 Å². The minimum Gasteiger partial charge on any atom is -0.508 e. The Morgan fingerprint density at radius 1 is 0.879 bits per heavy atom. The van der Waals surface area contributed by atoms with Gasteiger partial charge >= 0.3 is 0 Å². The largest absolute Gasteiger partial charge is 0.508 e. The van der Waals surface area contributed by atoms with Crippen LogP contribution >= 0.6 is 0 Å². The Hall–Kier alpha value is -3.04. The van der Waals surface area contributed by atoms with Gasteiger partial charge in [0.1, 0.15) is 18.1 Å². The van der Waals surface area contributed by atoms with E-state index < -0.39 is 0 Å². The molecule has 1 N–H and O–H groups in total. The number of benzene rings is 3. The third kappa shape index (κ3) is 3.65. The Labute approximate surface area is 196 Å². The molecule has 0 aromatic heterocycles. The van der Waals surface area contributed by atoms with E-state index in [0.717, 1.165) is 31.7 Å². The van der Waals surface area contributed by atoms with Crippen molar-refractivity contribution in [1.82, 2.24) is 4.90 Å². The van der Waals surface area contributed by atoms with Gasteiger partial charge in [-0.05, 0) is 96.4 Å². The summed E-state index contributed by atoms with van der Waals surface area (Å²) < 4.78 is 6.06. The summed E-state index contributed by atoms with van der Waals surface area (Å²) >= 11 is 0. The van der Waals surface area contributed by atoms with E-state index in [1.54, 1.807) is 0 Å². The number of hydrogen-bond donors (Lipinski definition) is 1. The summed E-state index contributed by atoms with van der Waals surface area (Å²) in [5.41, 5.74) is 7.73. The molecule has 1 aliphatic heterocycles. The Balaban J connectivity index is 1.26. The minimum absolute atomic E-state index is 0.0986. The summed E-state index contributed by atoms with van der Waals surface area (Å²) in [5, 5.41) is 9.98. The zero-order valence-corrected chi connectivity index (χ0v) is 19.1. The zero-order chi connectivity index (χ0) is 22.3. The molecule has 1 saturated heterocycles. The lowest BCUT2D eigenvalue weighted by Crippen LogP contribution is -2.33. The number of aromatic hydroxyl groups is 1. The van der Waals surface area contributed by atoms with Crippen molar-refractivity contribution in [2.45, 2.75) is 37.5 Å². The Kier molecular flexibility index (Phi) is 5.22. The maximum Gasteiger partial charge on any atom is 0.119 e. The van der Waals surface area contributed by atoms with Crippen LogP contribution in [0.25, 0.3) is 5.57 Å². The molecule has 6 rings (SSSR count). The second-order valence-electron chi connectivity index (χ2n) is 9.69. The first kappa shape index (κ1) is 20.6. The number of phenolic OH excluding ortho intramolecular Hbond substituents is 1. The molecule has 3 heteroatoms. The van der Waals surface area contributed by atoms with Gasteiger partial charge in [0.2, 0.25) is 0 Å². The number of rotatable bonds is 5. The maximum atomic E-state index is 9.98. The highest BCUT2D eigenvalue weighted by molar-refractivity contribution is 5.89. The van der Waals surface area contributed by atoms with Crippen LogP contribution in [0, 0.1) is 0 Å². The summed E-state index contributed by atoms with van der Waals surface area (Å²) in [6.45, 7) is 4.18. The van der Waals surface area contributed by atoms with Gasteiger partial charge < -0.3 is 9.84 Å².